The highest BCUT2D eigenvalue weighted by molar-refractivity contribution is 5.96. The van der Waals surface area contributed by atoms with E-state index in [0.29, 0.717) is 28.9 Å². The van der Waals surface area contributed by atoms with Crippen LogP contribution in [0.15, 0.2) is 48.5 Å². The Balaban J connectivity index is 1.45. The van der Waals surface area contributed by atoms with Crippen LogP contribution in [0.4, 0.5) is 0 Å². The van der Waals surface area contributed by atoms with Crippen molar-refractivity contribution >= 4 is 5.91 Å². The minimum absolute atomic E-state index is 0.150. The summed E-state index contributed by atoms with van der Waals surface area (Å²) in [6, 6.07) is 14.6. The van der Waals surface area contributed by atoms with Gasteiger partial charge in [0, 0.05) is 17.3 Å². The van der Waals surface area contributed by atoms with Crippen molar-refractivity contribution in [1.82, 2.24) is 25.3 Å². The molecule has 1 aliphatic heterocycles. The molecule has 35 heavy (non-hydrogen) atoms. The van der Waals surface area contributed by atoms with Gasteiger partial charge in [0.1, 0.15) is 11.4 Å². The molecular weight excluding hydrogens is 450 g/mol. The fraction of sp³-hybridized carbons (Fsp3) is 0.200. The number of fused-ring (bicyclic) bond motifs is 1. The minimum atomic E-state index is -0.353. The Morgan fingerprint density at radius 2 is 1.89 bits per heavy atom. The van der Waals surface area contributed by atoms with E-state index in [0.717, 1.165) is 22.6 Å². The summed E-state index contributed by atoms with van der Waals surface area (Å²) in [5.74, 6) is 2.08. The number of methoxy groups -OCH3 is 2. The Labute approximate surface area is 201 Å². The number of nitrogens with one attached hydrogen (secondary N) is 2. The zero-order valence-corrected chi connectivity index (χ0v) is 19.4. The van der Waals surface area contributed by atoms with Crippen molar-refractivity contribution in [1.29, 1.82) is 0 Å². The number of hydrogen-bond donors (Lipinski definition) is 2. The van der Waals surface area contributed by atoms with Gasteiger partial charge in [-0.2, -0.15) is 4.98 Å². The first-order valence-corrected chi connectivity index (χ1v) is 10.9. The van der Waals surface area contributed by atoms with Crippen LogP contribution < -0.4 is 24.3 Å². The molecule has 0 radical (unpaired) electrons. The molecule has 0 fully saturated rings. The summed E-state index contributed by atoms with van der Waals surface area (Å²) in [7, 11) is 2.95. The summed E-state index contributed by atoms with van der Waals surface area (Å²) in [5.41, 5.74) is 4.17. The molecule has 0 saturated carbocycles. The van der Waals surface area contributed by atoms with Gasteiger partial charge in [-0.3, -0.25) is 9.78 Å². The second kappa shape index (κ2) is 9.34. The molecule has 1 aliphatic rings. The van der Waals surface area contributed by atoms with Crippen LogP contribution in [0, 0.1) is 6.92 Å². The number of ether oxygens (including phenoxy) is 4. The van der Waals surface area contributed by atoms with Gasteiger partial charge in [0.25, 0.3) is 5.91 Å². The number of carbonyl (C=O) groups excluding carboxylic acids is 1. The minimum Gasteiger partial charge on any atom is -0.481 e. The van der Waals surface area contributed by atoms with Crippen molar-refractivity contribution in [2.75, 3.05) is 21.0 Å². The predicted octanol–water partition coefficient (Wildman–Crippen LogP) is 3.52. The molecule has 1 aromatic carbocycles. The maximum absolute atomic E-state index is 12.8. The second-order valence-electron chi connectivity index (χ2n) is 7.73. The van der Waals surface area contributed by atoms with Crippen LogP contribution in [0.2, 0.25) is 0 Å². The SMILES string of the molecule is COc1ccc(C(=O)NCc2nc(-c3ccc4c(c3)OCO4)c(-c3cccc(C)n3)[nH]2)c(OC)n1. The number of amides is 1. The van der Waals surface area contributed by atoms with Crippen LogP contribution in [-0.4, -0.2) is 46.9 Å². The topological polar surface area (TPSA) is 120 Å². The number of pyridine rings is 2. The van der Waals surface area contributed by atoms with E-state index in [1.165, 1.54) is 14.2 Å². The van der Waals surface area contributed by atoms with Crippen molar-refractivity contribution in [2.24, 2.45) is 0 Å². The highest BCUT2D eigenvalue weighted by Gasteiger charge is 2.21. The number of aromatic amines is 1. The van der Waals surface area contributed by atoms with E-state index in [-0.39, 0.29) is 30.7 Å². The maximum atomic E-state index is 12.8. The van der Waals surface area contributed by atoms with Crippen LogP contribution in [-0.2, 0) is 6.54 Å². The van der Waals surface area contributed by atoms with E-state index >= 15 is 0 Å². The van der Waals surface area contributed by atoms with Crippen molar-refractivity contribution in [3.05, 3.63) is 65.6 Å². The molecule has 1 amide bonds. The molecule has 0 spiro atoms. The van der Waals surface area contributed by atoms with Crippen molar-refractivity contribution in [3.8, 4) is 45.9 Å². The lowest BCUT2D eigenvalue weighted by Crippen LogP contribution is -2.24. The summed E-state index contributed by atoms with van der Waals surface area (Å²) >= 11 is 0. The zero-order chi connectivity index (χ0) is 24.4. The molecule has 10 nitrogen and oxygen atoms in total. The van der Waals surface area contributed by atoms with E-state index in [1.807, 2.05) is 43.3 Å². The number of carbonyl (C=O) groups is 1. The van der Waals surface area contributed by atoms with E-state index in [1.54, 1.807) is 12.1 Å². The van der Waals surface area contributed by atoms with Crippen LogP contribution in [0.3, 0.4) is 0 Å². The molecule has 0 aliphatic carbocycles. The Morgan fingerprint density at radius 1 is 1.03 bits per heavy atom. The quantitative estimate of drug-likeness (QED) is 0.418. The molecule has 0 atom stereocenters. The fourth-order valence-electron chi connectivity index (χ4n) is 3.75. The second-order valence-corrected chi connectivity index (χ2v) is 7.73. The van der Waals surface area contributed by atoms with Gasteiger partial charge in [0.05, 0.1) is 37.8 Å². The molecule has 0 saturated heterocycles. The summed E-state index contributed by atoms with van der Waals surface area (Å²) in [6.07, 6.45) is 0. The van der Waals surface area contributed by atoms with Gasteiger partial charge in [-0.1, -0.05) is 6.07 Å². The lowest BCUT2D eigenvalue weighted by Gasteiger charge is -2.09. The van der Waals surface area contributed by atoms with E-state index in [9.17, 15) is 4.79 Å². The van der Waals surface area contributed by atoms with E-state index < -0.39 is 0 Å². The first kappa shape index (κ1) is 22.2. The average molecular weight is 473 g/mol. The predicted molar refractivity (Wildman–Crippen MR) is 127 cm³/mol. The van der Waals surface area contributed by atoms with Crippen molar-refractivity contribution in [2.45, 2.75) is 13.5 Å². The Kier molecular flexibility index (Phi) is 5.92. The van der Waals surface area contributed by atoms with Crippen LogP contribution in [0.1, 0.15) is 21.9 Å². The summed E-state index contributed by atoms with van der Waals surface area (Å²) < 4.78 is 21.3. The van der Waals surface area contributed by atoms with Gasteiger partial charge >= 0.3 is 0 Å². The Bertz CT molecular complexity index is 1400. The normalized spacial score (nSPS) is 11.9. The van der Waals surface area contributed by atoms with Gasteiger partial charge in [-0.05, 0) is 43.3 Å². The number of imidazole rings is 1. The molecular formula is C25H23N5O5. The first-order valence-electron chi connectivity index (χ1n) is 10.9. The molecule has 0 bridgehead atoms. The number of benzene rings is 1. The lowest BCUT2D eigenvalue weighted by atomic mass is 10.1. The molecule has 3 aromatic heterocycles. The third kappa shape index (κ3) is 4.45. The monoisotopic (exact) mass is 473 g/mol. The number of nitrogens with zero attached hydrogens (tertiary/aromatic N) is 3. The largest absolute Gasteiger partial charge is 0.481 e. The third-order valence-corrected chi connectivity index (χ3v) is 5.44. The molecule has 178 valence electrons. The summed E-state index contributed by atoms with van der Waals surface area (Å²) in [4.78, 5) is 29.7. The third-order valence-electron chi connectivity index (χ3n) is 5.44. The summed E-state index contributed by atoms with van der Waals surface area (Å²) in [5, 5.41) is 2.87. The van der Waals surface area contributed by atoms with Crippen LogP contribution in [0.25, 0.3) is 22.6 Å². The maximum Gasteiger partial charge on any atom is 0.257 e. The van der Waals surface area contributed by atoms with Gasteiger partial charge in [0.2, 0.25) is 18.6 Å². The fourth-order valence-corrected chi connectivity index (χ4v) is 3.75. The molecule has 4 aromatic rings. The standard InChI is InChI=1S/C25H23N5O5/c1-14-5-4-6-17(27-14)23-22(15-7-9-18-19(11-15)35-13-34-18)28-20(29-23)12-26-24(31)16-8-10-21(32-2)30-25(16)33-3/h4-11H,12-13H2,1-3H3,(H,26,31)(H,28,29). The molecule has 0 unspecified atom stereocenters. The van der Waals surface area contributed by atoms with Crippen molar-refractivity contribution < 1.29 is 23.7 Å². The van der Waals surface area contributed by atoms with E-state index in [2.05, 4.69) is 20.3 Å². The first-order chi connectivity index (χ1) is 17.1. The average Bonchev–Trinajstić information content (AvgIpc) is 3.53. The smallest absolute Gasteiger partial charge is 0.257 e. The highest BCUT2D eigenvalue weighted by atomic mass is 16.7. The number of aromatic nitrogens is 4. The molecule has 5 rings (SSSR count). The number of hydrogen-bond acceptors (Lipinski definition) is 8. The van der Waals surface area contributed by atoms with Crippen molar-refractivity contribution in [3.63, 3.8) is 0 Å². The zero-order valence-electron chi connectivity index (χ0n) is 19.4. The van der Waals surface area contributed by atoms with Gasteiger partial charge in [0.15, 0.2) is 11.5 Å². The Hall–Kier alpha value is -4.60. The van der Waals surface area contributed by atoms with Gasteiger partial charge in [-0.25, -0.2) is 4.98 Å². The highest BCUT2D eigenvalue weighted by Crippen LogP contribution is 2.38. The van der Waals surface area contributed by atoms with Gasteiger partial charge in [-0.15, -0.1) is 0 Å². The van der Waals surface area contributed by atoms with E-state index in [4.69, 9.17) is 23.9 Å². The van der Waals surface area contributed by atoms with Gasteiger partial charge < -0.3 is 29.2 Å². The number of H-pyrrole nitrogens is 1. The number of rotatable bonds is 7. The number of aryl methyl sites for hydroxylation is 1. The summed E-state index contributed by atoms with van der Waals surface area (Å²) in [6.45, 7) is 2.27. The molecule has 10 heteroatoms. The van der Waals surface area contributed by atoms with Crippen LogP contribution in [0.5, 0.6) is 23.3 Å². The molecule has 4 heterocycles. The molecule has 2 N–H and O–H groups in total. The van der Waals surface area contributed by atoms with Crippen LogP contribution >= 0.6 is 0 Å². The Morgan fingerprint density at radius 3 is 2.69 bits per heavy atom. The lowest BCUT2D eigenvalue weighted by molar-refractivity contribution is 0.0946.